The molecule has 0 aliphatic carbocycles. The molecule has 0 saturated carbocycles. The van der Waals surface area contributed by atoms with Gasteiger partial charge in [-0.05, 0) is 78.0 Å². The van der Waals surface area contributed by atoms with Gasteiger partial charge in [-0.3, -0.25) is 4.90 Å². The zero-order chi connectivity index (χ0) is 29.0. The fourth-order valence-corrected chi connectivity index (χ4v) is 5.36. The molecule has 2 heterocycles. The van der Waals surface area contributed by atoms with E-state index in [2.05, 4.69) is 62.7 Å². The van der Waals surface area contributed by atoms with E-state index in [1.165, 1.54) is 0 Å². The van der Waals surface area contributed by atoms with Gasteiger partial charge < -0.3 is 38.6 Å². The molecule has 4 rings (SSSR count). The lowest BCUT2D eigenvalue weighted by atomic mass is 10.1. The van der Waals surface area contributed by atoms with Crippen molar-refractivity contribution in [3.8, 4) is 0 Å². The molecule has 0 unspecified atom stereocenters. The Balaban J connectivity index is 0.00000462. The summed E-state index contributed by atoms with van der Waals surface area (Å²) in [6.07, 6.45) is 3.67. The van der Waals surface area contributed by atoms with Crippen LogP contribution in [0.3, 0.4) is 0 Å². The lowest BCUT2D eigenvalue weighted by Gasteiger charge is -2.30. The Morgan fingerprint density at radius 3 is 2.29 bits per heavy atom. The maximum atomic E-state index is 14.9. The molecule has 41 heavy (non-hydrogen) atoms. The van der Waals surface area contributed by atoms with E-state index < -0.39 is 0 Å². The first-order valence-electron chi connectivity index (χ1n) is 14.3. The van der Waals surface area contributed by atoms with Crippen molar-refractivity contribution < 1.29 is 37.4 Å². The molecule has 0 bridgehead atoms. The highest BCUT2D eigenvalue weighted by Crippen LogP contribution is 2.24. The third-order valence-electron chi connectivity index (χ3n) is 7.62. The quantitative estimate of drug-likeness (QED) is 0.150. The first-order valence-corrected chi connectivity index (χ1v) is 14.3. The number of pyridine rings is 1. The van der Waals surface area contributed by atoms with Crippen LogP contribution in [0.5, 0.6) is 0 Å². The molecular formula is C33H42FIN4O2. The van der Waals surface area contributed by atoms with Gasteiger partial charge in [-0.25, -0.2) is 9.18 Å². The van der Waals surface area contributed by atoms with Gasteiger partial charge in [0.15, 0.2) is 0 Å². The van der Waals surface area contributed by atoms with E-state index in [4.69, 9.17) is 4.42 Å². The molecule has 8 heteroatoms. The second-order valence-electron chi connectivity index (χ2n) is 10.8. The number of fused-ring (bicyclic) bond motifs is 2. The molecule has 220 valence electrons. The standard InChI is InChI=1S/C33H41FN4O2.HI/c1-8-37(9-2)28-15-11-25-18-26(33(39)40-32(25)20-28)12-14-27-13-10-24-19-29(34)30(21-31(24)36(27)7)35-16-17-38(22(3)4)23(5)6;/h10-15,18-23H,8-9,16-17H2,1-7H3;1H/b14-12+;. The highest BCUT2D eigenvalue weighted by Gasteiger charge is 2.16. The molecule has 1 N–H and O–H groups in total. The minimum Gasteiger partial charge on any atom is -1.00 e. The third-order valence-corrected chi connectivity index (χ3v) is 7.62. The average molecular weight is 673 g/mol. The van der Waals surface area contributed by atoms with Crippen LogP contribution in [0.25, 0.3) is 34.0 Å². The van der Waals surface area contributed by atoms with E-state index in [0.29, 0.717) is 35.5 Å². The second kappa shape index (κ2) is 14.3. The van der Waals surface area contributed by atoms with Crippen LogP contribution in [0.4, 0.5) is 15.8 Å². The lowest BCUT2D eigenvalue weighted by molar-refractivity contribution is -0.646. The fourth-order valence-electron chi connectivity index (χ4n) is 5.36. The van der Waals surface area contributed by atoms with Crippen molar-refractivity contribution in [1.29, 1.82) is 0 Å². The Bertz CT molecular complexity index is 1570. The van der Waals surface area contributed by atoms with Crippen molar-refractivity contribution in [1.82, 2.24) is 4.90 Å². The van der Waals surface area contributed by atoms with Crippen molar-refractivity contribution in [2.45, 2.75) is 53.6 Å². The molecule has 0 aliphatic heterocycles. The Morgan fingerprint density at radius 1 is 0.951 bits per heavy atom. The number of rotatable bonds is 11. The maximum absolute atomic E-state index is 14.9. The number of halogens is 2. The van der Waals surface area contributed by atoms with E-state index in [1.54, 1.807) is 12.1 Å². The Hall–Kier alpha value is -2.98. The first-order chi connectivity index (χ1) is 19.1. The van der Waals surface area contributed by atoms with E-state index in [-0.39, 0.29) is 35.4 Å². The predicted octanol–water partition coefficient (Wildman–Crippen LogP) is 3.46. The molecule has 0 atom stereocenters. The number of nitrogens with one attached hydrogen (secondary N) is 1. The summed E-state index contributed by atoms with van der Waals surface area (Å²) >= 11 is 0. The molecule has 2 aromatic heterocycles. The molecule has 2 aromatic carbocycles. The summed E-state index contributed by atoms with van der Waals surface area (Å²) in [6.45, 7) is 16.2. The van der Waals surface area contributed by atoms with Crippen LogP contribution in [0.15, 0.2) is 57.7 Å². The first kappa shape index (κ1) is 32.5. The zero-order valence-corrected chi connectivity index (χ0v) is 27.3. The third kappa shape index (κ3) is 7.46. The van der Waals surface area contributed by atoms with Crippen LogP contribution in [0.2, 0.25) is 0 Å². The Labute approximate surface area is 259 Å². The summed E-state index contributed by atoms with van der Waals surface area (Å²) < 4.78 is 22.6. The largest absolute Gasteiger partial charge is 1.00 e. The number of nitrogens with zero attached hydrogens (tertiary/aromatic N) is 3. The van der Waals surface area contributed by atoms with Gasteiger partial charge in [0.25, 0.3) is 0 Å². The van der Waals surface area contributed by atoms with Gasteiger partial charge in [-0.1, -0.05) is 0 Å². The van der Waals surface area contributed by atoms with Crippen LogP contribution >= 0.6 is 0 Å². The molecule has 4 aromatic rings. The average Bonchev–Trinajstić information content (AvgIpc) is 2.91. The molecule has 0 fully saturated rings. The number of hydrogen-bond acceptors (Lipinski definition) is 5. The van der Waals surface area contributed by atoms with Gasteiger partial charge in [0.2, 0.25) is 11.2 Å². The molecule has 6 nitrogen and oxygen atoms in total. The number of benzene rings is 2. The SMILES string of the molecule is CCN(CC)c1ccc2cc(/C=C/c3ccc4cc(F)c(NCCN(C(C)C)C(C)C)cc4[n+]3C)c(=O)oc2c1.[I-]. The highest BCUT2D eigenvalue weighted by molar-refractivity contribution is 5.84. The van der Waals surface area contributed by atoms with Crippen LogP contribution in [0.1, 0.15) is 52.8 Å². The van der Waals surface area contributed by atoms with Crippen LogP contribution in [0, 0.1) is 5.82 Å². The summed E-state index contributed by atoms with van der Waals surface area (Å²) in [4.78, 5) is 17.4. The van der Waals surface area contributed by atoms with E-state index in [9.17, 15) is 9.18 Å². The van der Waals surface area contributed by atoms with Crippen molar-refractivity contribution in [3.05, 3.63) is 76.0 Å². The smallest absolute Gasteiger partial charge is 0.343 e. The normalized spacial score (nSPS) is 11.8. The minimum absolute atomic E-state index is 0. The lowest BCUT2D eigenvalue weighted by Crippen LogP contribution is -3.00. The summed E-state index contributed by atoms with van der Waals surface area (Å²) in [5.74, 6) is -0.269. The highest BCUT2D eigenvalue weighted by atomic mass is 127. The van der Waals surface area contributed by atoms with Crippen LogP contribution in [-0.2, 0) is 7.05 Å². The fraction of sp³-hybridized carbons (Fsp3) is 0.394. The Kier molecular flexibility index (Phi) is 11.3. The van der Waals surface area contributed by atoms with Gasteiger partial charge in [0.1, 0.15) is 18.4 Å². The van der Waals surface area contributed by atoms with Gasteiger partial charge in [-0.2, -0.15) is 4.57 Å². The van der Waals surface area contributed by atoms with Gasteiger partial charge in [0.05, 0.1) is 11.3 Å². The van der Waals surface area contributed by atoms with Crippen molar-refractivity contribution in [2.24, 2.45) is 7.05 Å². The molecule has 0 amide bonds. The minimum atomic E-state index is -0.380. The molecule has 0 saturated heterocycles. The number of aromatic nitrogens is 1. The van der Waals surface area contributed by atoms with Crippen LogP contribution in [-0.4, -0.2) is 43.2 Å². The molecular weight excluding hydrogens is 630 g/mol. The maximum Gasteiger partial charge on any atom is 0.343 e. The Morgan fingerprint density at radius 2 is 1.63 bits per heavy atom. The second-order valence-corrected chi connectivity index (χ2v) is 10.8. The van der Waals surface area contributed by atoms with Gasteiger partial charge >= 0.3 is 5.63 Å². The van der Waals surface area contributed by atoms with Crippen LogP contribution < -0.4 is 44.4 Å². The van der Waals surface area contributed by atoms with E-state index >= 15 is 0 Å². The zero-order valence-electron chi connectivity index (χ0n) is 25.2. The summed E-state index contributed by atoms with van der Waals surface area (Å²) in [6, 6.07) is 15.9. The number of anilines is 2. The summed E-state index contributed by atoms with van der Waals surface area (Å²) in [5.41, 5.74) is 3.97. The summed E-state index contributed by atoms with van der Waals surface area (Å²) in [7, 11) is 1.95. The molecule has 0 radical (unpaired) electrons. The molecule has 0 spiro atoms. The van der Waals surface area contributed by atoms with E-state index in [0.717, 1.165) is 47.3 Å². The van der Waals surface area contributed by atoms with Gasteiger partial charge in [-0.15, -0.1) is 0 Å². The topological polar surface area (TPSA) is 52.6 Å². The molecule has 0 aliphatic rings. The van der Waals surface area contributed by atoms with Crippen molar-refractivity contribution >= 4 is 45.4 Å². The predicted molar refractivity (Wildman–Crippen MR) is 166 cm³/mol. The van der Waals surface area contributed by atoms with Crippen molar-refractivity contribution in [2.75, 3.05) is 36.4 Å². The van der Waals surface area contributed by atoms with E-state index in [1.807, 2.05) is 54.1 Å². The summed E-state index contributed by atoms with van der Waals surface area (Å²) in [5, 5.41) is 4.97. The number of hydrogen-bond donors (Lipinski definition) is 1. The number of aryl methyl sites for hydroxylation is 1. The van der Waals surface area contributed by atoms with Gasteiger partial charge in [0, 0.05) is 79.0 Å². The van der Waals surface area contributed by atoms with Crippen molar-refractivity contribution in [3.63, 3.8) is 0 Å². The monoisotopic (exact) mass is 672 g/mol.